The molecule has 4 nitrogen and oxygen atoms in total. The van der Waals surface area contributed by atoms with E-state index in [9.17, 15) is 0 Å². The Hall–Kier alpha value is -2.18. The van der Waals surface area contributed by atoms with Crippen molar-refractivity contribution in [3.8, 4) is 5.75 Å². The zero-order chi connectivity index (χ0) is 17.4. The molecule has 0 heterocycles. The van der Waals surface area contributed by atoms with Gasteiger partial charge >= 0.3 is 0 Å². The third-order valence-electron chi connectivity index (χ3n) is 3.07. The van der Waals surface area contributed by atoms with Crippen molar-refractivity contribution in [3.63, 3.8) is 0 Å². The van der Waals surface area contributed by atoms with Gasteiger partial charge in [-0.2, -0.15) is 5.10 Å². The Balaban J connectivity index is 1.86. The van der Waals surface area contributed by atoms with Crippen molar-refractivity contribution in [2.45, 2.75) is 6.92 Å². The molecule has 0 radical (unpaired) electrons. The highest BCUT2D eigenvalue weighted by molar-refractivity contribution is 9.10. The van der Waals surface area contributed by atoms with Gasteiger partial charge < -0.3 is 10.1 Å². The maximum absolute atomic E-state index is 5.21. The number of benzene rings is 2. The van der Waals surface area contributed by atoms with Crippen LogP contribution in [0.3, 0.4) is 0 Å². The van der Waals surface area contributed by atoms with Crippen LogP contribution in [0.5, 0.6) is 5.75 Å². The fourth-order valence-electron chi connectivity index (χ4n) is 1.80. The number of thiocarbonyl (C=S) groups is 1. The Kier molecular flexibility index (Phi) is 6.96. The van der Waals surface area contributed by atoms with E-state index < -0.39 is 0 Å². The van der Waals surface area contributed by atoms with Crippen LogP contribution >= 0.6 is 28.1 Å². The highest BCUT2D eigenvalue weighted by Crippen LogP contribution is 2.14. The third kappa shape index (κ3) is 6.14. The molecule has 0 saturated heterocycles. The normalized spacial score (nSPS) is 11.4. The molecule has 0 unspecified atom stereocenters. The van der Waals surface area contributed by atoms with Crippen molar-refractivity contribution in [2.24, 2.45) is 5.10 Å². The van der Waals surface area contributed by atoms with Crippen LogP contribution in [0.1, 0.15) is 12.5 Å². The molecule has 0 amide bonds. The van der Waals surface area contributed by atoms with Crippen molar-refractivity contribution in [1.82, 2.24) is 5.43 Å². The zero-order valence-corrected chi connectivity index (χ0v) is 15.8. The molecule has 0 aliphatic rings. The number of hydrogen-bond donors (Lipinski definition) is 2. The van der Waals surface area contributed by atoms with E-state index in [2.05, 4.69) is 31.8 Å². The van der Waals surface area contributed by atoms with Gasteiger partial charge in [0.1, 0.15) is 5.75 Å². The van der Waals surface area contributed by atoms with Gasteiger partial charge in [-0.05, 0) is 67.2 Å². The molecular formula is C18H18BrN3OS. The minimum Gasteiger partial charge on any atom is -0.497 e. The minimum atomic E-state index is 0.439. The van der Waals surface area contributed by atoms with Crippen LogP contribution in [0.25, 0.3) is 6.08 Å². The maximum Gasteiger partial charge on any atom is 0.191 e. The summed E-state index contributed by atoms with van der Waals surface area (Å²) in [5.41, 5.74) is 5.61. The maximum atomic E-state index is 5.21. The third-order valence-corrected chi connectivity index (χ3v) is 3.79. The molecule has 2 aromatic rings. The highest BCUT2D eigenvalue weighted by Gasteiger charge is 1.96. The zero-order valence-electron chi connectivity index (χ0n) is 13.4. The van der Waals surface area contributed by atoms with E-state index in [1.165, 1.54) is 0 Å². The summed E-state index contributed by atoms with van der Waals surface area (Å²) in [5.74, 6) is 0.837. The predicted octanol–water partition coefficient (Wildman–Crippen LogP) is 4.83. The Morgan fingerprint density at radius 2 is 1.79 bits per heavy atom. The van der Waals surface area contributed by atoms with Crippen LogP contribution in [0.2, 0.25) is 0 Å². The molecule has 0 aromatic heterocycles. The number of allylic oxidation sites excluding steroid dienone is 1. The first-order valence-corrected chi connectivity index (χ1v) is 8.46. The molecule has 24 heavy (non-hydrogen) atoms. The van der Waals surface area contributed by atoms with E-state index >= 15 is 0 Å². The molecule has 0 bridgehead atoms. The largest absolute Gasteiger partial charge is 0.497 e. The first-order valence-electron chi connectivity index (χ1n) is 7.26. The quantitative estimate of drug-likeness (QED) is 0.426. The van der Waals surface area contributed by atoms with Crippen LogP contribution in [-0.2, 0) is 0 Å². The number of ether oxygens (including phenoxy) is 1. The van der Waals surface area contributed by atoms with Gasteiger partial charge in [0.15, 0.2) is 5.11 Å². The van der Waals surface area contributed by atoms with Crippen molar-refractivity contribution >= 4 is 50.7 Å². The Labute approximate surface area is 155 Å². The average molecular weight is 404 g/mol. The van der Waals surface area contributed by atoms with E-state index in [4.69, 9.17) is 17.0 Å². The van der Waals surface area contributed by atoms with E-state index in [1.807, 2.05) is 67.6 Å². The van der Waals surface area contributed by atoms with Crippen LogP contribution in [-0.4, -0.2) is 17.9 Å². The topological polar surface area (TPSA) is 45.6 Å². The second kappa shape index (κ2) is 9.20. The lowest BCUT2D eigenvalue weighted by molar-refractivity contribution is 0.415. The Morgan fingerprint density at radius 3 is 2.42 bits per heavy atom. The number of rotatable bonds is 5. The molecular weight excluding hydrogens is 386 g/mol. The molecule has 124 valence electrons. The van der Waals surface area contributed by atoms with Gasteiger partial charge in [-0.25, -0.2) is 0 Å². The summed E-state index contributed by atoms with van der Waals surface area (Å²) in [6, 6.07) is 15.5. The van der Waals surface area contributed by atoms with Gasteiger partial charge in [-0.3, -0.25) is 5.43 Å². The molecule has 0 aliphatic heterocycles. The van der Waals surface area contributed by atoms with Gasteiger partial charge in [-0.1, -0.05) is 34.1 Å². The van der Waals surface area contributed by atoms with Gasteiger partial charge in [0.2, 0.25) is 0 Å². The standard InChI is InChI=1S/C18H18BrN3OS/c1-13(3-4-14-5-11-17(23-2)12-6-14)21-22-18(24)20-16-9-7-15(19)8-10-16/h3-12H,1-2H3,(H2,20,22,24)/b4-3?,21-13+. The molecule has 6 heteroatoms. The number of hydrogen-bond acceptors (Lipinski definition) is 3. The number of halogens is 1. The van der Waals surface area contributed by atoms with Gasteiger partial charge in [0.05, 0.1) is 12.8 Å². The highest BCUT2D eigenvalue weighted by atomic mass is 79.9. The van der Waals surface area contributed by atoms with Crippen molar-refractivity contribution in [3.05, 3.63) is 64.6 Å². The number of nitrogens with one attached hydrogen (secondary N) is 2. The van der Waals surface area contributed by atoms with Gasteiger partial charge in [-0.15, -0.1) is 0 Å². The molecule has 2 rings (SSSR count). The number of hydrazone groups is 1. The lowest BCUT2D eigenvalue weighted by Gasteiger charge is -2.07. The molecule has 0 aliphatic carbocycles. The molecule has 2 aromatic carbocycles. The average Bonchev–Trinajstić information content (AvgIpc) is 2.60. The van der Waals surface area contributed by atoms with Crippen molar-refractivity contribution < 1.29 is 4.74 Å². The van der Waals surface area contributed by atoms with Crippen LogP contribution in [0.4, 0.5) is 5.69 Å². The molecule has 0 saturated carbocycles. The summed E-state index contributed by atoms with van der Waals surface area (Å²) >= 11 is 8.61. The molecule has 0 spiro atoms. The molecule has 0 atom stereocenters. The Morgan fingerprint density at radius 1 is 1.12 bits per heavy atom. The number of anilines is 1. The lowest BCUT2D eigenvalue weighted by Crippen LogP contribution is -2.24. The minimum absolute atomic E-state index is 0.439. The van der Waals surface area contributed by atoms with Crippen LogP contribution in [0.15, 0.2) is 64.2 Å². The van der Waals surface area contributed by atoms with Crippen LogP contribution in [0, 0.1) is 0 Å². The van der Waals surface area contributed by atoms with E-state index in [-0.39, 0.29) is 0 Å². The van der Waals surface area contributed by atoms with Crippen molar-refractivity contribution in [1.29, 1.82) is 0 Å². The summed E-state index contributed by atoms with van der Waals surface area (Å²) < 4.78 is 6.15. The first-order chi connectivity index (χ1) is 11.6. The summed E-state index contributed by atoms with van der Waals surface area (Å²) in [7, 11) is 1.65. The number of methoxy groups -OCH3 is 1. The monoisotopic (exact) mass is 403 g/mol. The lowest BCUT2D eigenvalue weighted by atomic mass is 10.2. The van der Waals surface area contributed by atoms with E-state index in [0.29, 0.717) is 5.11 Å². The second-order valence-corrected chi connectivity index (χ2v) is 6.26. The van der Waals surface area contributed by atoms with Crippen molar-refractivity contribution in [2.75, 3.05) is 12.4 Å². The smallest absolute Gasteiger partial charge is 0.191 e. The fourth-order valence-corrected chi connectivity index (χ4v) is 2.23. The van der Waals surface area contributed by atoms with Crippen LogP contribution < -0.4 is 15.5 Å². The van der Waals surface area contributed by atoms with Gasteiger partial charge in [0, 0.05) is 10.2 Å². The van der Waals surface area contributed by atoms with E-state index in [0.717, 1.165) is 27.2 Å². The second-order valence-electron chi connectivity index (χ2n) is 4.93. The predicted molar refractivity (Wildman–Crippen MR) is 109 cm³/mol. The first kappa shape index (κ1) is 18.2. The van der Waals surface area contributed by atoms with E-state index in [1.54, 1.807) is 7.11 Å². The SMILES string of the molecule is COc1ccc(C=C/C(C)=N/NC(=S)Nc2ccc(Br)cc2)cc1. The molecule has 0 fully saturated rings. The fraction of sp³-hybridized carbons (Fsp3) is 0.111. The Bertz CT molecular complexity index is 740. The van der Waals surface area contributed by atoms with Gasteiger partial charge in [0.25, 0.3) is 0 Å². The summed E-state index contributed by atoms with van der Waals surface area (Å²) in [5, 5.41) is 7.73. The summed E-state index contributed by atoms with van der Waals surface area (Å²) in [6.07, 6.45) is 3.89. The number of nitrogens with zero attached hydrogens (tertiary/aromatic N) is 1. The summed E-state index contributed by atoms with van der Waals surface area (Å²) in [4.78, 5) is 0. The molecule has 2 N–H and O–H groups in total. The summed E-state index contributed by atoms with van der Waals surface area (Å²) in [6.45, 7) is 1.90.